The summed E-state index contributed by atoms with van der Waals surface area (Å²) in [7, 11) is 0.00788. The topological polar surface area (TPSA) is 18.5 Å². The fraction of sp³-hybridized carbons (Fsp3) is 1.00. The lowest BCUT2D eigenvalue weighted by Gasteiger charge is -2.32. The first kappa shape index (κ1) is 23.6. The van der Waals surface area contributed by atoms with Gasteiger partial charge in [-0.15, -0.1) is 0 Å². The summed E-state index contributed by atoms with van der Waals surface area (Å²) in [6, 6.07) is 0. The Balaban J connectivity index is 1.50. The van der Waals surface area contributed by atoms with Gasteiger partial charge < -0.3 is 9.31 Å². The van der Waals surface area contributed by atoms with Gasteiger partial charge >= 0.3 is 7.12 Å². The molecule has 3 heteroatoms. The zero-order chi connectivity index (χ0) is 20.7. The highest BCUT2D eigenvalue weighted by Crippen LogP contribution is 2.43. The molecule has 168 valence electrons. The molecule has 1 aliphatic heterocycles. The van der Waals surface area contributed by atoms with Crippen LogP contribution in [0, 0.1) is 11.8 Å². The SMILES string of the molecule is CC1(C)OB(C2CCCCC(C3CCCCCCCCC3)CCCC2)OC1(C)C. The molecule has 0 amide bonds. The zero-order valence-corrected chi connectivity index (χ0v) is 20.1. The Morgan fingerprint density at radius 2 is 0.793 bits per heavy atom. The van der Waals surface area contributed by atoms with Gasteiger partial charge in [0.2, 0.25) is 0 Å². The number of rotatable bonds is 2. The van der Waals surface area contributed by atoms with Crippen molar-refractivity contribution in [2.75, 3.05) is 0 Å². The maximum Gasteiger partial charge on any atom is 0.461 e. The molecule has 2 saturated carbocycles. The smallest absolute Gasteiger partial charge is 0.403 e. The molecule has 0 unspecified atom stereocenters. The summed E-state index contributed by atoms with van der Waals surface area (Å²) in [4.78, 5) is 0. The van der Waals surface area contributed by atoms with Crippen molar-refractivity contribution >= 4 is 7.12 Å². The summed E-state index contributed by atoms with van der Waals surface area (Å²) < 4.78 is 12.8. The summed E-state index contributed by atoms with van der Waals surface area (Å²) in [6.07, 6.45) is 24.5. The standard InChI is InChI=1S/C26H49BO2/c1-25(2)26(3,4)29-27(28-25)24-20-14-12-18-23(19-13-15-21-24)22-16-10-8-6-5-7-9-11-17-22/h22-24H,5-21H2,1-4H3. The fourth-order valence-electron chi connectivity index (χ4n) is 6.05. The Hall–Kier alpha value is -0.0151. The molecule has 2 nitrogen and oxygen atoms in total. The fourth-order valence-corrected chi connectivity index (χ4v) is 6.05. The van der Waals surface area contributed by atoms with Crippen LogP contribution in [0.15, 0.2) is 0 Å². The van der Waals surface area contributed by atoms with Crippen molar-refractivity contribution in [2.24, 2.45) is 11.8 Å². The van der Waals surface area contributed by atoms with E-state index in [2.05, 4.69) is 27.7 Å². The van der Waals surface area contributed by atoms with E-state index < -0.39 is 0 Å². The molecule has 1 heterocycles. The van der Waals surface area contributed by atoms with E-state index in [0.29, 0.717) is 5.82 Å². The molecule has 0 aromatic heterocycles. The normalized spacial score (nSPS) is 33.3. The van der Waals surface area contributed by atoms with Gasteiger partial charge in [0.15, 0.2) is 0 Å². The third-order valence-corrected chi connectivity index (χ3v) is 8.77. The molecule has 0 aromatic carbocycles. The molecule has 0 bridgehead atoms. The first-order chi connectivity index (χ1) is 13.9. The molecule has 0 aromatic rings. The lowest BCUT2D eigenvalue weighted by Crippen LogP contribution is -2.41. The second kappa shape index (κ2) is 11.0. The van der Waals surface area contributed by atoms with Gasteiger partial charge in [-0.1, -0.05) is 109 Å². The van der Waals surface area contributed by atoms with Crippen molar-refractivity contribution in [1.82, 2.24) is 0 Å². The minimum Gasteiger partial charge on any atom is -0.403 e. The van der Waals surface area contributed by atoms with Crippen molar-refractivity contribution in [2.45, 2.75) is 154 Å². The highest BCUT2D eigenvalue weighted by molar-refractivity contribution is 6.47. The Bertz CT molecular complexity index is 437. The molecule has 0 spiro atoms. The maximum atomic E-state index is 6.41. The Labute approximate surface area is 182 Å². The van der Waals surface area contributed by atoms with Gasteiger partial charge in [-0.25, -0.2) is 0 Å². The van der Waals surface area contributed by atoms with Crippen LogP contribution in [0.1, 0.15) is 137 Å². The molecule has 3 fully saturated rings. The Morgan fingerprint density at radius 3 is 1.21 bits per heavy atom. The molecular weight excluding hydrogens is 355 g/mol. The van der Waals surface area contributed by atoms with E-state index in [9.17, 15) is 0 Å². The maximum absolute atomic E-state index is 6.41. The van der Waals surface area contributed by atoms with E-state index in [1.54, 1.807) is 0 Å². The first-order valence-electron chi connectivity index (χ1n) is 13.2. The molecule has 3 aliphatic rings. The van der Waals surface area contributed by atoms with E-state index in [-0.39, 0.29) is 18.3 Å². The molecule has 2 aliphatic carbocycles. The largest absolute Gasteiger partial charge is 0.461 e. The van der Waals surface area contributed by atoms with Crippen LogP contribution in [0.2, 0.25) is 5.82 Å². The van der Waals surface area contributed by atoms with E-state index >= 15 is 0 Å². The zero-order valence-electron chi connectivity index (χ0n) is 20.1. The minimum absolute atomic E-state index is 0.00788. The number of hydrogen-bond donors (Lipinski definition) is 0. The molecule has 29 heavy (non-hydrogen) atoms. The highest BCUT2D eigenvalue weighted by atomic mass is 16.7. The van der Waals surface area contributed by atoms with Crippen molar-refractivity contribution in [3.63, 3.8) is 0 Å². The third-order valence-electron chi connectivity index (χ3n) is 8.77. The average Bonchev–Trinajstić information content (AvgIpc) is 2.91. The average molecular weight is 404 g/mol. The predicted molar refractivity (Wildman–Crippen MR) is 125 cm³/mol. The second-order valence-corrected chi connectivity index (χ2v) is 11.5. The van der Waals surface area contributed by atoms with Gasteiger partial charge in [0, 0.05) is 0 Å². The lowest BCUT2D eigenvalue weighted by molar-refractivity contribution is 0.00578. The van der Waals surface area contributed by atoms with Crippen molar-refractivity contribution < 1.29 is 9.31 Å². The summed E-state index contributed by atoms with van der Waals surface area (Å²) >= 11 is 0. The van der Waals surface area contributed by atoms with Crippen LogP contribution in [0.5, 0.6) is 0 Å². The molecule has 0 N–H and O–H groups in total. The first-order valence-corrected chi connectivity index (χ1v) is 13.2. The van der Waals surface area contributed by atoms with Gasteiger partial charge in [-0.2, -0.15) is 0 Å². The predicted octanol–water partition coefficient (Wildman–Crippen LogP) is 8.34. The van der Waals surface area contributed by atoms with Crippen molar-refractivity contribution in [3.8, 4) is 0 Å². The van der Waals surface area contributed by atoms with Crippen molar-refractivity contribution in [1.29, 1.82) is 0 Å². The van der Waals surface area contributed by atoms with Gasteiger partial charge in [-0.05, 0) is 45.3 Å². The van der Waals surface area contributed by atoms with E-state index in [4.69, 9.17) is 9.31 Å². The molecular formula is C26H49BO2. The minimum atomic E-state index is -0.187. The summed E-state index contributed by atoms with van der Waals surface area (Å²) in [5.41, 5.74) is -0.373. The molecule has 0 atom stereocenters. The van der Waals surface area contributed by atoms with Crippen molar-refractivity contribution in [3.05, 3.63) is 0 Å². The monoisotopic (exact) mass is 404 g/mol. The molecule has 1 saturated heterocycles. The van der Waals surface area contributed by atoms with Gasteiger partial charge in [-0.3, -0.25) is 0 Å². The van der Waals surface area contributed by atoms with Gasteiger partial charge in [0.1, 0.15) is 0 Å². The summed E-state index contributed by atoms with van der Waals surface area (Å²) in [5.74, 6) is 2.61. The van der Waals surface area contributed by atoms with Crippen LogP contribution in [0.4, 0.5) is 0 Å². The lowest BCUT2D eigenvalue weighted by atomic mass is 9.65. The third kappa shape index (κ3) is 6.73. The second-order valence-electron chi connectivity index (χ2n) is 11.5. The molecule has 3 rings (SSSR count). The van der Waals surface area contributed by atoms with Crippen LogP contribution in [-0.2, 0) is 9.31 Å². The van der Waals surface area contributed by atoms with Gasteiger partial charge in [0.05, 0.1) is 11.2 Å². The van der Waals surface area contributed by atoms with E-state index in [0.717, 1.165) is 11.8 Å². The van der Waals surface area contributed by atoms with Crippen LogP contribution >= 0.6 is 0 Å². The van der Waals surface area contributed by atoms with Crippen LogP contribution in [-0.4, -0.2) is 18.3 Å². The molecule has 0 radical (unpaired) electrons. The van der Waals surface area contributed by atoms with Crippen LogP contribution in [0.3, 0.4) is 0 Å². The number of hydrogen-bond acceptors (Lipinski definition) is 2. The summed E-state index contributed by atoms with van der Waals surface area (Å²) in [6.45, 7) is 8.77. The quantitative estimate of drug-likeness (QED) is 0.431. The van der Waals surface area contributed by atoms with Gasteiger partial charge in [0.25, 0.3) is 0 Å². The van der Waals surface area contributed by atoms with E-state index in [1.165, 1.54) is 109 Å². The van der Waals surface area contributed by atoms with E-state index in [1.807, 2.05) is 0 Å². The summed E-state index contributed by atoms with van der Waals surface area (Å²) in [5, 5.41) is 0. The highest BCUT2D eigenvalue weighted by Gasteiger charge is 2.53. The van der Waals surface area contributed by atoms with Crippen LogP contribution < -0.4 is 0 Å². The Morgan fingerprint density at radius 1 is 0.483 bits per heavy atom. The van der Waals surface area contributed by atoms with Crippen LogP contribution in [0.25, 0.3) is 0 Å². The Kier molecular flexibility index (Phi) is 8.99.